The van der Waals surface area contributed by atoms with Gasteiger partial charge in [-0.1, -0.05) is 13.3 Å². The minimum absolute atomic E-state index is 0.00681. The quantitative estimate of drug-likeness (QED) is 0.429. The smallest absolute Gasteiger partial charge is 0.348 e. The van der Waals surface area contributed by atoms with E-state index in [1.165, 1.54) is 23.5 Å². The predicted octanol–water partition coefficient (Wildman–Crippen LogP) is 3.68. The number of carbonyl (C=O) groups excluding carboxylic acids is 1. The van der Waals surface area contributed by atoms with E-state index >= 15 is 0 Å². The molecule has 10 heteroatoms. The first-order valence-corrected chi connectivity index (χ1v) is 10.1. The number of esters is 1. The molecule has 3 aromatic heterocycles. The largest absolute Gasteiger partial charge is 0.453 e. The van der Waals surface area contributed by atoms with E-state index in [-0.39, 0.29) is 12.4 Å². The van der Waals surface area contributed by atoms with E-state index in [0.29, 0.717) is 17.2 Å². The molecule has 0 aliphatic rings. The Morgan fingerprint density at radius 1 is 1.28 bits per heavy atom. The van der Waals surface area contributed by atoms with Crippen LogP contribution in [0.4, 0.5) is 4.39 Å². The van der Waals surface area contributed by atoms with E-state index in [9.17, 15) is 9.18 Å². The van der Waals surface area contributed by atoms with Crippen molar-refractivity contribution in [2.24, 2.45) is 0 Å². The summed E-state index contributed by atoms with van der Waals surface area (Å²) in [6.45, 7) is 4.64. The number of rotatable bonds is 7. The molecule has 0 bridgehead atoms. The van der Waals surface area contributed by atoms with Gasteiger partial charge >= 0.3 is 5.97 Å². The first-order chi connectivity index (χ1) is 14.1. The molecule has 150 valence electrons. The topological polar surface area (TPSA) is 87.7 Å². The number of thiophene rings is 1. The normalized spacial score (nSPS) is 11.3. The molecule has 0 radical (unpaired) electrons. The fourth-order valence-electron chi connectivity index (χ4n) is 2.91. The number of halogens is 1. The first-order valence-electron chi connectivity index (χ1n) is 9.24. The number of nitrogens with zero attached hydrogens (tertiary/aromatic N) is 6. The van der Waals surface area contributed by atoms with Crippen molar-refractivity contribution in [1.82, 2.24) is 30.0 Å². The lowest BCUT2D eigenvalue weighted by atomic mass is 10.3. The first kappa shape index (κ1) is 19.2. The van der Waals surface area contributed by atoms with Crippen LogP contribution in [-0.4, -0.2) is 36.0 Å². The van der Waals surface area contributed by atoms with Crippen molar-refractivity contribution in [3.63, 3.8) is 0 Å². The minimum atomic E-state index is -0.443. The third-order valence-electron chi connectivity index (χ3n) is 4.48. The van der Waals surface area contributed by atoms with Crippen molar-refractivity contribution in [1.29, 1.82) is 0 Å². The van der Waals surface area contributed by atoms with Crippen LogP contribution in [0.15, 0.2) is 30.3 Å². The highest BCUT2D eigenvalue weighted by Crippen LogP contribution is 2.31. The van der Waals surface area contributed by atoms with Crippen LogP contribution >= 0.6 is 11.3 Å². The maximum absolute atomic E-state index is 13.2. The zero-order valence-corrected chi connectivity index (χ0v) is 16.8. The molecule has 8 nitrogen and oxygen atoms in total. The Morgan fingerprint density at radius 2 is 2.07 bits per heavy atom. The summed E-state index contributed by atoms with van der Waals surface area (Å²) in [5.74, 6) is -0.242. The summed E-state index contributed by atoms with van der Waals surface area (Å²) < 4.78 is 22.0. The number of hydrogen-bond donors (Lipinski definition) is 0. The van der Waals surface area contributed by atoms with Gasteiger partial charge in [0.05, 0.1) is 11.4 Å². The summed E-state index contributed by atoms with van der Waals surface area (Å²) in [6.07, 6.45) is 1.97. The highest BCUT2D eigenvalue weighted by molar-refractivity contribution is 7.20. The molecule has 0 unspecified atom stereocenters. The summed E-state index contributed by atoms with van der Waals surface area (Å²) in [7, 11) is 0. The zero-order valence-electron chi connectivity index (χ0n) is 16.0. The van der Waals surface area contributed by atoms with Crippen LogP contribution < -0.4 is 0 Å². The molecule has 3 heterocycles. The second kappa shape index (κ2) is 8.08. The molecule has 1 aromatic carbocycles. The highest BCUT2D eigenvalue weighted by Gasteiger charge is 2.19. The van der Waals surface area contributed by atoms with Crippen molar-refractivity contribution in [2.75, 3.05) is 0 Å². The number of ether oxygens (including phenoxy) is 1. The van der Waals surface area contributed by atoms with Crippen LogP contribution in [0.3, 0.4) is 0 Å². The van der Waals surface area contributed by atoms with Crippen molar-refractivity contribution in [3.8, 4) is 5.69 Å². The summed E-state index contributed by atoms with van der Waals surface area (Å²) in [6, 6.07) is 7.82. The van der Waals surface area contributed by atoms with E-state index < -0.39 is 5.97 Å². The summed E-state index contributed by atoms with van der Waals surface area (Å²) >= 11 is 1.28. The molecule has 0 amide bonds. The average Bonchev–Trinajstić information content (AvgIpc) is 3.42. The van der Waals surface area contributed by atoms with E-state index in [4.69, 9.17) is 4.74 Å². The number of aryl methyl sites for hydroxylation is 2. The SMILES string of the molecule is CCCCn1nnnc1COC(=O)c1cc2c(C)nn(-c3ccc(F)cc3)c2s1. The molecule has 0 spiro atoms. The van der Waals surface area contributed by atoms with Gasteiger partial charge < -0.3 is 4.74 Å². The van der Waals surface area contributed by atoms with Gasteiger partial charge in [-0.15, -0.1) is 16.4 Å². The Balaban J connectivity index is 1.54. The summed E-state index contributed by atoms with van der Waals surface area (Å²) in [5, 5.41) is 16.9. The van der Waals surface area contributed by atoms with E-state index in [2.05, 4.69) is 27.5 Å². The second-order valence-corrected chi connectivity index (χ2v) is 7.58. The van der Waals surface area contributed by atoms with Crippen molar-refractivity contribution < 1.29 is 13.9 Å². The van der Waals surface area contributed by atoms with E-state index in [1.807, 2.05) is 6.92 Å². The lowest BCUT2D eigenvalue weighted by molar-refractivity contribution is 0.0462. The van der Waals surface area contributed by atoms with Gasteiger partial charge in [0.15, 0.2) is 12.4 Å². The van der Waals surface area contributed by atoms with Gasteiger partial charge in [-0.05, 0) is 54.1 Å². The minimum Gasteiger partial charge on any atom is -0.453 e. The number of benzene rings is 1. The van der Waals surface area contributed by atoms with Gasteiger partial charge in [0, 0.05) is 11.9 Å². The van der Waals surface area contributed by atoms with Gasteiger partial charge in [0.2, 0.25) is 0 Å². The number of tetrazole rings is 1. The van der Waals surface area contributed by atoms with E-state index in [1.54, 1.807) is 27.6 Å². The van der Waals surface area contributed by atoms with Crippen LogP contribution in [0.5, 0.6) is 0 Å². The van der Waals surface area contributed by atoms with Crippen LogP contribution in [0, 0.1) is 12.7 Å². The fraction of sp³-hybridized carbons (Fsp3) is 0.316. The summed E-state index contributed by atoms with van der Waals surface area (Å²) in [4.78, 5) is 13.8. The van der Waals surface area contributed by atoms with Crippen molar-refractivity contribution in [2.45, 2.75) is 39.8 Å². The average molecular weight is 414 g/mol. The molecule has 0 atom stereocenters. The number of hydrogen-bond acceptors (Lipinski definition) is 7. The molecule has 4 aromatic rings. The standard InChI is InChI=1S/C19H19FN6O2S/c1-3-4-9-25-17(21-23-24-25)11-28-19(27)16-10-15-12(2)22-26(18(15)29-16)14-7-5-13(20)6-8-14/h5-8,10H,3-4,9,11H2,1-2H3. The Labute approximate surface area is 169 Å². The molecular weight excluding hydrogens is 395 g/mol. The second-order valence-electron chi connectivity index (χ2n) is 6.55. The Bertz CT molecular complexity index is 1150. The maximum atomic E-state index is 13.2. The predicted molar refractivity (Wildman–Crippen MR) is 105 cm³/mol. The molecular formula is C19H19FN6O2S. The van der Waals surface area contributed by atoms with Crippen LogP contribution in [0.2, 0.25) is 0 Å². The monoisotopic (exact) mass is 414 g/mol. The lowest BCUT2D eigenvalue weighted by Gasteiger charge is -2.04. The highest BCUT2D eigenvalue weighted by atomic mass is 32.1. The molecule has 0 aliphatic heterocycles. The van der Waals surface area contributed by atoms with Crippen molar-refractivity contribution in [3.05, 3.63) is 52.5 Å². The molecule has 0 saturated heterocycles. The fourth-order valence-corrected chi connectivity index (χ4v) is 3.99. The Kier molecular flexibility index (Phi) is 5.34. The number of unbranched alkanes of at least 4 members (excludes halogenated alkanes) is 1. The van der Waals surface area contributed by atoms with Crippen LogP contribution in [0.25, 0.3) is 15.9 Å². The lowest BCUT2D eigenvalue weighted by Crippen LogP contribution is -2.10. The van der Waals surface area contributed by atoms with Gasteiger partial charge in [-0.3, -0.25) is 0 Å². The number of carbonyl (C=O) groups is 1. The Morgan fingerprint density at radius 3 is 2.83 bits per heavy atom. The number of fused-ring (bicyclic) bond motifs is 1. The van der Waals surface area contributed by atoms with Gasteiger partial charge in [0.1, 0.15) is 15.5 Å². The van der Waals surface area contributed by atoms with Crippen molar-refractivity contribution >= 4 is 27.5 Å². The Hall–Kier alpha value is -3.14. The molecule has 0 aliphatic carbocycles. The van der Waals surface area contributed by atoms with Gasteiger partial charge in [-0.2, -0.15) is 5.10 Å². The maximum Gasteiger partial charge on any atom is 0.348 e. The van der Waals surface area contributed by atoms with Gasteiger partial charge in [-0.25, -0.2) is 18.5 Å². The number of aromatic nitrogens is 6. The molecule has 0 N–H and O–H groups in total. The molecule has 0 fully saturated rings. The third kappa shape index (κ3) is 3.88. The van der Waals surface area contributed by atoms with Crippen LogP contribution in [0.1, 0.15) is 41.0 Å². The van der Waals surface area contributed by atoms with Crippen LogP contribution in [-0.2, 0) is 17.9 Å². The molecule has 0 saturated carbocycles. The molecule has 4 rings (SSSR count). The third-order valence-corrected chi connectivity index (χ3v) is 5.57. The van der Waals surface area contributed by atoms with E-state index in [0.717, 1.165) is 34.4 Å². The molecule has 29 heavy (non-hydrogen) atoms. The zero-order chi connectivity index (χ0) is 20.4. The summed E-state index contributed by atoms with van der Waals surface area (Å²) in [5.41, 5.74) is 1.50. The van der Waals surface area contributed by atoms with Gasteiger partial charge in [0.25, 0.3) is 0 Å².